The van der Waals surface area contributed by atoms with Gasteiger partial charge in [-0.2, -0.15) is 0 Å². The minimum absolute atomic E-state index is 0.0358. The van der Waals surface area contributed by atoms with Gasteiger partial charge in [-0.25, -0.2) is 0 Å². The fourth-order valence-electron chi connectivity index (χ4n) is 3.02. The maximum atomic E-state index is 12.3. The summed E-state index contributed by atoms with van der Waals surface area (Å²) in [7, 11) is 0. The van der Waals surface area contributed by atoms with E-state index in [1.807, 2.05) is 17.7 Å². The third-order valence-electron chi connectivity index (χ3n) is 4.19. The quantitative estimate of drug-likeness (QED) is 0.851. The van der Waals surface area contributed by atoms with Gasteiger partial charge < -0.3 is 15.0 Å². The van der Waals surface area contributed by atoms with Crippen LogP contribution < -0.4 is 5.32 Å². The second-order valence-corrected chi connectivity index (χ2v) is 6.44. The highest BCUT2D eigenvalue weighted by Crippen LogP contribution is 2.29. The summed E-state index contributed by atoms with van der Waals surface area (Å²) >= 11 is 3.37. The van der Waals surface area contributed by atoms with E-state index in [1.54, 1.807) is 6.07 Å². The molecule has 2 rings (SSSR count). The zero-order chi connectivity index (χ0) is 15.4. The molecule has 2 unspecified atom stereocenters. The number of hydrogen-bond donors (Lipinski definition) is 2. The summed E-state index contributed by atoms with van der Waals surface area (Å²) in [4.78, 5) is 23.5. The molecule has 0 aromatic carbocycles. The number of carboxylic acid groups (broad SMARTS) is 1. The number of carbonyl (C=O) groups is 2. The number of carboxylic acids is 1. The first kappa shape index (κ1) is 16.1. The van der Waals surface area contributed by atoms with Crippen LogP contribution in [0.5, 0.6) is 0 Å². The summed E-state index contributed by atoms with van der Waals surface area (Å²) in [6, 6.07) is 1.79. The molecule has 1 aromatic rings. The molecule has 2 atom stereocenters. The first-order valence-corrected chi connectivity index (χ1v) is 8.19. The fraction of sp³-hybridized carbons (Fsp3) is 0.600. The van der Waals surface area contributed by atoms with Crippen LogP contribution in [0.3, 0.4) is 0 Å². The summed E-state index contributed by atoms with van der Waals surface area (Å²) in [5, 5.41) is 12.2. The van der Waals surface area contributed by atoms with Crippen molar-refractivity contribution in [3.8, 4) is 0 Å². The Morgan fingerprint density at radius 1 is 1.43 bits per heavy atom. The van der Waals surface area contributed by atoms with Crippen LogP contribution in [0.2, 0.25) is 0 Å². The molecule has 2 N–H and O–H groups in total. The van der Waals surface area contributed by atoms with Crippen molar-refractivity contribution >= 4 is 27.8 Å². The van der Waals surface area contributed by atoms with E-state index in [0.717, 1.165) is 30.3 Å². The van der Waals surface area contributed by atoms with E-state index < -0.39 is 5.97 Å². The average Bonchev–Trinajstić information content (AvgIpc) is 2.86. The van der Waals surface area contributed by atoms with Crippen molar-refractivity contribution in [2.45, 2.75) is 39.2 Å². The Labute approximate surface area is 132 Å². The van der Waals surface area contributed by atoms with Crippen molar-refractivity contribution < 1.29 is 14.7 Å². The van der Waals surface area contributed by atoms with Gasteiger partial charge in [-0.3, -0.25) is 9.59 Å². The zero-order valence-electron chi connectivity index (χ0n) is 12.1. The molecular formula is C15H21BrN2O3. The predicted molar refractivity (Wildman–Crippen MR) is 83.2 cm³/mol. The molecule has 0 radical (unpaired) electrons. The number of aliphatic carboxylic acids is 1. The molecule has 1 aromatic heterocycles. The maximum Gasteiger partial charge on any atom is 0.306 e. The van der Waals surface area contributed by atoms with Crippen molar-refractivity contribution in [2.75, 3.05) is 6.54 Å². The normalized spacial score (nSPS) is 22.0. The van der Waals surface area contributed by atoms with Gasteiger partial charge in [-0.15, -0.1) is 0 Å². The van der Waals surface area contributed by atoms with Crippen molar-refractivity contribution in [2.24, 2.45) is 11.8 Å². The van der Waals surface area contributed by atoms with Crippen molar-refractivity contribution in [1.82, 2.24) is 9.88 Å². The number of amides is 1. The lowest BCUT2D eigenvalue weighted by Gasteiger charge is -2.28. The number of nitrogens with one attached hydrogen (secondary N) is 1. The highest BCUT2D eigenvalue weighted by atomic mass is 79.9. The average molecular weight is 357 g/mol. The van der Waals surface area contributed by atoms with E-state index in [1.165, 1.54) is 0 Å². The first-order chi connectivity index (χ1) is 10.0. The van der Waals surface area contributed by atoms with Gasteiger partial charge >= 0.3 is 5.97 Å². The summed E-state index contributed by atoms with van der Waals surface area (Å²) in [6.07, 6.45) is 5.46. The lowest BCUT2D eigenvalue weighted by atomic mass is 9.79. The summed E-state index contributed by atoms with van der Waals surface area (Å²) in [5.41, 5.74) is 0.604. The Kier molecular flexibility index (Phi) is 5.45. The van der Waals surface area contributed by atoms with Crippen LogP contribution in [0.4, 0.5) is 0 Å². The smallest absolute Gasteiger partial charge is 0.306 e. The zero-order valence-corrected chi connectivity index (χ0v) is 13.7. The number of aryl methyl sites for hydroxylation is 1. The lowest BCUT2D eigenvalue weighted by molar-refractivity contribution is -0.144. The molecule has 0 bridgehead atoms. The molecule has 6 heteroatoms. The Morgan fingerprint density at radius 2 is 2.14 bits per heavy atom. The van der Waals surface area contributed by atoms with Crippen molar-refractivity contribution in [3.05, 3.63) is 22.4 Å². The van der Waals surface area contributed by atoms with E-state index in [9.17, 15) is 14.7 Å². The molecule has 1 amide bonds. The number of aromatic nitrogens is 1. The van der Waals surface area contributed by atoms with Crippen LogP contribution in [-0.2, 0) is 11.3 Å². The van der Waals surface area contributed by atoms with Gasteiger partial charge in [0.1, 0.15) is 5.69 Å². The Hall–Kier alpha value is -1.30. The van der Waals surface area contributed by atoms with Crippen molar-refractivity contribution in [3.63, 3.8) is 0 Å². The monoisotopic (exact) mass is 356 g/mol. The molecule has 0 aliphatic heterocycles. The molecule has 1 saturated carbocycles. The van der Waals surface area contributed by atoms with Gasteiger partial charge in [0.15, 0.2) is 0 Å². The van der Waals surface area contributed by atoms with Gasteiger partial charge in [-0.1, -0.05) is 12.8 Å². The van der Waals surface area contributed by atoms with E-state index >= 15 is 0 Å². The largest absolute Gasteiger partial charge is 0.481 e. The van der Waals surface area contributed by atoms with Crippen LogP contribution in [0.15, 0.2) is 16.7 Å². The third kappa shape index (κ3) is 3.87. The molecule has 0 saturated heterocycles. The molecule has 116 valence electrons. The van der Waals surface area contributed by atoms with Gasteiger partial charge in [0, 0.05) is 23.8 Å². The molecule has 1 aliphatic rings. The summed E-state index contributed by atoms with van der Waals surface area (Å²) in [6.45, 7) is 3.13. The lowest BCUT2D eigenvalue weighted by Crippen LogP contribution is -2.37. The fourth-order valence-corrected chi connectivity index (χ4v) is 3.48. The Bertz CT molecular complexity index is 527. The molecule has 5 nitrogen and oxygen atoms in total. The van der Waals surface area contributed by atoms with Gasteiger partial charge in [0.05, 0.1) is 5.92 Å². The first-order valence-electron chi connectivity index (χ1n) is 7.39. The number of halogens is 1. The molecule has 1 heterocycles. The standard InChI is InChI=1S/C15H21BrN2O3/c1-2-18-9-11(16)7-13(18)14(19)17-8-10-5-3-4-6-12(10)15(20)21/h7,9-10,12H,2-6,8H2,1H3,(H,17,19)(H,20,21). The molecule has 1 aliphatic carbocycles. The van der Waals surface area contributed by atoms with Crippen LogP contribution in [0.25, 0.3) is 0 Å². The highest BCUT2D eigenvalue weighted by molar-refractivity contribution is 9.10. The molecular weight excluding hydrogens is 336 g/mol. The van der Waals surface area contributed by atoms with E-state index in [4.69, 9.17) is 0 Å². The van der Waals surface area contributed by atoms with Crippen LogP contribution >= 0.6 is 15.9 Å². The number of carbonyl (C=O) groups excluding carboxylic acids is 1. The second kappa shape index (κ2) is 7.11. The van der Waals surface area contributed by atoms with Crippen LogP contribution in [0, 0.1) is 11.8 Å². The summed E-state index contributed by atoms with van der Waals surface area (Å²) in [5.74, 6) is -1.18. The van der Waals surface area contributed by atoms with Crippen LogP contribution in [0.1, 0.15) is 43.1 Å². The molecule has 1 fully saturated rings. The number of hydrogen-bond acceptors (Lipinski definition) is 2. The number of rotatable bonds is 5. The molecule has 0 spiro atoms. The number of nitrogens with zero attached hydrogens (tertiary/aromatic N) is 1. The Morgan fingerprint density at radius 3 is 2.81 bits per heavy atom. The van der Waals surface area contributed by atoms with Gasteiger partial charge in [0.2, 0.25) is 0 Å². The topological polar surface area (TPSA) is 71.3 Å². The van der Waals surface area contributed by atoms with Gasteiger partial charge in [0.25, 0.3) is 5.91 Å². The SMILES string of the molecule is CCn1cc(Br)cc1C(=O)NCC1CCCCC1C(=O)O. The van der Waals surface area contributed by atoms with Gasteiger partial charge in [-0.05, 0) is 47.7 Å². The predicted octanol–water partition coefficient (Wildman–Crippen LogP) is 2.89. The van der Waals surface area contributed by atoms with E-state index in [2.05, 4.69) is 21.2 Å². The Balaban J connectivity index is 1.98. The summed E-state index contributed by atoms with van der Waals surface area (Å²) < 4.78 is 2.74. The highest BCUT2D eigenvalue weighted by Gasteiger charge is 2.31. The van der Waals surface area contributed by atoms with E-state index in [0.29, 0.717) is 18.7 Å². The second-order valence-electron chi connectivity index (χ2n) is 5.53. The maximum absolute atomic E-state index is 12.3. The van der Waals surface area contributed by atoms with Crippen LogP contribution in [-0.4, -0.2) is 28.1 Å². The minimum atomic E-state index is -0.742. The van der Waals surface area contributed by atoms with E-state index in [-0.39, 0.29) is 17.7 Å². The molecule has 21 heavy (non-hydrogen) atoms. The van der Waals surface area contributed by atoms with Crippen molar-refractivity contribution in [1.29, 1.82) is 0 Å². The minimum Gasteiger partial charge on any atom is -0.481 e. The third-order valence-corrected chi connectivity index (χ3v) is 4.62.